The van der Waals surface area contributed by atoms with Gasteiger partial charge in [0.15, 0.2) is 0 Å². The highest BCUT2D eigenvalue weighted by atomic mass is 32.2. The summed E-state index contributed by atoms with van der Waals surface area (Å²) < 4.78 is 53.4. The number of anilines is 1. The molecule has 0 radical (unpaired) electrons. The lowest BCUT2D eigenvalue weighted by Crippen LogP contribution is -2.48. The van der Waals surface area contributed by atoms with Gasteiger partial charge in [0, 0.05) is 58.0 Å². The first-order valence-corrected chi connectivity index (χ1v) is 13.1. The van der Waals surface area contributed by atoms with E-state index >= 15 is 0 Å². The Morgan fingerprint density at radius 3 is 2.39 bits per heavy atom. The Hall–Kier alpha value is -2.25. The van der Waals surface area contributed by atoms with Gasteiger partial charge in [0.05, 0.1) is 11.7 Å². The van der Waals surface area contributed by atoms with Crippen molar-refractivity contribution in [2.24, 2.45) is 16.6 Å². The topological polar surface area (TPSA) is 240 Å². The summed E-state index contributed by atoms with van der Waals surface area (Å²) >= 11 is 0. The number of nitrogens with two attached hydrogens (primary N) is 3. The van der Waals surface area contributed by atoms with Gasteiger partial charge in [0.2, 0.25) is 25.9 Å². The number of primary sulfonamides is 1. The number of tetrazole rings is 1. The van der Waals surface area contributed by atoms with Crippen LogP contribution in [-0.2, 0) is 20.0 Å². The molecule has 1 atom stereocenters. The maximum Gasteiger partial charge on any atom is 0.242 e. The summed E-state index contributed by atoms with van der Waals surface area (Å²) in [5.41, 5.74) is 11.3. The van der Waals surface area contributed by atoms with Gasteiger partial charge in [-0.1, -0.05) is 0 Å². The van der Waals surface area contributed by atoms with Crippen molar-refractivity contribution in [3.05, 3.63) is 12.1 Å². The average molecular weight is 505 g/mol. The standard InChI is InChI=1S/C16H28N10O5S2/c17-3-4-25-5-7-26(8-6-25)12-1-2-13(33(30,31)20-10-11(27)9-18)15(32(19,28)29)14(12)16-21-23-24-22-16/h1-2,11,20,27H,3-10,17-18H2,(H2,19,28,29)(H,21,22,23,24). The van der Waals surface area contributed by atoms with E-state index in [4.69, 9.17) is 16.6 Å². The van der Waals surface area contributed by atoms with E-state index in [9.17, 15) is 21.9 Å². The Morgan fingerprint density at radius 1 is 1.15 bits per heavy atom. The molecule has 15 nitrogen and oxygen atoms in total. The molecular formula is C16H28N10O5S2. The number of sulfonamides is 2. The van der Waals surface area contributed by atoms with Gasteiger partial charge in [-0.3, -0.25) is 4.90 Å². The van der Waals surface area contributed by atoms with Crippen LogP contribution in [0.25, 0.3) is 11.4 Å². The van der Waals surface area contributed by atoms with Crippen LogP contribution >= 0.6 is 0 Å². The number of H-pyrrole nitrogens is 1. The molecule has 1 fully saturated rings. The van der Waals surface area contributed by atoms with Crippen LogP contribution in [0.1, 0.15) is 0 Å². The Labute approximate surface area is 191 Å². The van der Waals surface area contributed by atoms with Crippen LogP contribution in [-0.4, -0.2) is 106 Å². The maximum absolute atomic E-state index is 13.0. The van der Waals surface area contributed by atoms with Gasteiger partial charge in [0.1, 0.15) is 9.79 Å². The summed E-state index contributed by atoms with van der Waals surface area (Å²) in [6.07, 6.45) is -1.15. The fourth-order valence-electron chi connectivity index (χ4n) is 3.56. The second kappa shape index (κ2) is 10.3. The molecule has 1 aliphatic rings. The quantitative estimate of drug-likeness (QED) is 0.182. The van der Waals surface area contributed by atoms with Gasteiger partial charge in [0.25, 0.3) is 0 Å². The SMILES string of the molecule is NCCN1CCN(c2ccc(S(=O)(=O)NCC(O)CN)c(S(N)(=O)=O)c2-c2nn[nH]n2)CC1. The lowest BCUT2D eigenvalue weighted by molar-refractivity contribution is 0.186. The molecule has 2 aromatic rings. The highest BCUT2D eigenvalue weighted by molar-refractivity contribution is 7.92. The number of piperazine rings is 1. The van der Waals surface area contributed by atoms with Gasteiger partial charge in [-0.15, -0.1) is 10.2 Å². The number of aromatic nitrogens is 4. The zero-order chi connectivity index (χ0) is 24.2. The zero-order valence-electron chi connectivity index (χ0n) is 17.8. The van der Waals surface area contributed by atoms with Crippen molar-refractivity contribution in [3.63, 3.8) is 0 Å². The third-order valence-corrected chi connectivity index (χ3v) is 7.77. The Balaban J connectivity index is 2.14. The molecule has 1 aliphatic heterocycles. The molecule has 1 aromatic heterocycles. The fraction of sp³-hybridized carbons (Fsp3) is 0.562. The predicted octanol–water partition coefficient (Wildman–Crippen LogP) is -3.81. The Kier molecular flexibility index (Phi) is 7.96. The van der Waals surface area contributed by atoms with Crippen LogP contribution in [0.15, 0.2) is 21.9 Å². The summed E-state index contributed by atoms with van der Waals surface area (Å²) in [5, 5.41) is 28.6. The molecule has 0 saturated carbocycles. The van der Waals surface area contributed by atoms with Crippen LogP contribution in [0.4, 0.5) is 5.69 Å². The van der Waals surface area contributed by atoms with Crippen LogP contribution in [0.5, 0.6) is 0 Å². The van der Waals surface area contributed by atoms with E-state index in [1.54, 1.807) is 0 Å². The van der Waals surface area contributed by atoms with Crippen LogP contribution < -0.4 is 26.2 Å². The summed E-state index contributed by atoms with van der Waals surface area (Å²) in [6, 6.07) is 2.63. The van der Waals surface area contributed by atoms with E-state index in [1.807, 2.05) is 4.90 Å². The smallest absolute Gasteiger partial charge is 0.242 e. The molecule has 0 bridgehead atoms. The van der Waals surface area contributed by atoms with Gasteiger partial charge in [-0.05, 0) is 17.3 Å². The summed E-state index contributed by atoms with van der Waals surface area (Å²) in [7, 11) is -8.99. The second-order valence-corrected chi connectivity index (χ2v) is 10.7. The van der Waals surface area contributed by atoms with E-state index in [2.05, 4.69) is 30.2 Å². The molecule has 184 valence electrons. The van der Waals surface area contributed by atoms with E-state index in [0.717, 1.165) is 12.6 Å². The number of hydrogen-bond donors (Lipinski definition) is 6. The molecule has 1 saturated heterocycles. The molecular weight excluding hydrogens is 476 g/mol. The van der Waals surface area contributed by atoms with Crippen LogP contribution in [0.3, 0.4) is 0 Å². The maximum atomic E-state index is 13.0. The average Bonchev–Trinajstić information content (AvgIpc) is 3.31. The summed E-state index contributed by atoms with van der Waals surface area (Å²) in [4.78, 5) is 2.80. The number of aliphatic hydroxyl groups is 1. The van der Waals surface area contributed by atoms with E-state index < -0.39 is 42.5 Å². The number of hydrogen-bond acceptors (Lipinski definition) is 12. The van der Waals surface area contributed by atoms with E-state index in [1.165, 1.54) is 6.07 Å². The third kappa shape index (κ3) is 5.82. The van der Waals surface area contributed by atoms with Gasteiger partial charge >= 0.3 is 0 Å². The number of aromatic amines is 1. The van der Waals surface area contributed by atoms with Crippen molar-refractivity contribution in [1.29, 1.82) is 0 Å². The number of benzene rings is 1. The molecule has 1 aromatic carbocycles. The highest BCUT2D eigenvalue weighted by Crippen LogP contribution is 2.38. The predicted molar refractivity (Wildman–Crippen MR) is 119 cm³/mol. The lowest BCUT2D eigenvalue weighted by atomic mass is 10.1. The molecule has 0 aliphatic carbocycles. The molecule has 3 rings (SSSR count). The molecule has 0 spiro atoms. The number of rotatable bonds is 10. The summed E-state index contributed by atoms with van der Waals surface area (Å²) in [6.45, 7) is 3.05. The Bertz CT molecular complexity index is 1150. The molecule has 2 heterocycles. The van der Waals surface area contributed by atoms with Gasteiger partial charge in [-0.25, -0.2) is 26.7 Å². The fourth-order valence-corrected chi connectivity index (χ4v) is 6.22. The van der Waals surface area contributed by atoms with Crippen molar-refractivity contribution in [3.8, 4) is 11.4 Å². The normalized spacial score (nSPS) is 16.8. The van der Waals surface area contributed by atoms with E-state index in [-0.39, 0.29) is 17.9 Å². The number of nitrogens with zero attached hydrogens (tertiary/aromatic N) is 5. The lowest BCUT2D eigenvalue weighted by Gasteiger charge is -2.37. The van der Waals surface area contributed by atoms with Crippen molar-refractivity contribution >= 4 is 25.7 Å². The summed E-state index contributed by atoms with van der Waals surface area (Å²) in [5.74, 6) is -0.127. The van der Waals surface area contributed by atoms with Crippen molar-refractivity contribution < 1.29 is 21.9 Å². The van der Waals surface area contributed by atoms with Crippen molar-refractivity contribution in [1.82, 2.24) is 30.2 Å². The van der Waals surface area contributed by atoms with Gasteiger partial charge < -0.3 is 21.5 Å². The van der Waals surface area contributed by atoms with Gasteiger partial charge in [-0.2, -0.15) is 5.21 Å². The first-order chi connectivity index (χ1) is 15.6. The first-order valence-electron chi connectivity index (χ1n) is 10.1. The monoisotopic (exact) mass is 504 g/mol. The molecule has 1 unspecified atom stereocenters. The number of nitrogens with one attached hydrogen (secondary N) is 2. The van der Waals surface area contributed by atoms with Crippen LogP contribution in [0.2, 0.25) is 0 Å². The third-order valence-electron chi connectivity index (χ3n) is 5.18. The molecule has 33 heavy (non-hydrogen) atoms. The zero-order valence-corrected chi connectivity index (χ0v) is 19.4. The minimum atomic E-state index is -4.58. The van der Waals surface area contributed by atoms with Crippen molar-refractivity contribution in [2.45, 2.75) is 15.9 Å². The highest BCUT2D eigenvalue weighted by Gasteiger charge is 2.33. The number of aliphatic hydroxyl groups excluding tert-OH is 1. The largest absolute Gasteiger partial charge is 0.390 e. The molecule has 17 heteroatoms. The minimum absolute atomic E-state index is 0.0826. The molecule has 0 amide bonds. The first kappa shape index (κ1) is 25.4. The second-order valence-electron chi connectivity index (χ2n) is 7.43. The Morgan fingerprint density at radius 2 is 1.85 bits per heavy atom. The van der Waals surface area contributed by atoms with Crippen molar-refractivity contribution in [2.75, 3.05) is 57.3 Å². The van der Waals surface area contributed by atoms with E-state index in [0.29, 0.717) is 38.4 Å². The van der Waals surface area contributed by atoms with Crippen LogP contribution in [0, 0.1) is 0 Å². The minimum Gasteiger partial charge on any atom is -0.390 e. The molecule has 9 N–H and O–H groups in total.